The number of anilines is 1. The molecule has 2 fully saturated rings. The number of rotatable bonds is 5. The maximum absolute atomic E-state index is 12.7. The second-order valence-electron chi connectivity index (χ2n) is 7.45. The van der Waals surface area contributed by atoms with Gasteiger partial charge in [-0.25, -0.2) is 9.97 Å². The van der Waals surface area contributed by atoms with Gasteiger partial charge in [-0.15, -0.1) is 0 Å². The monoisotopic (exact) mass is 350 g/mol. The Morgan fingerprint density at radius 2 is 1.81 bits per heavy atom. The van der Waals surface area contributed by atoms with E-state index in [9.17, 15) is 4.79 Å². The van der Waals surface area contributed by atoms with E-state index in [1.54, 1.807) is 6.20 Å². The summed E-state index contributed by atoms with van der Waals surface area (Å²) in [4.78, 5) is 24.2. The van der Waals surface area contributed by atoms with Crippen LogP contribution >= 0.6 is 0 Å². The highest BCUT2D eigenvalue weighted by molar-refractivity contribution is 5.99. The number of benzene rings is 1. The van der Waals surface area contributed by atoms with E-state index >= 15 is 0 Å². The lowest BCUT2D eigenvalue weighted by atomic mass is 9.94. The van der Waals surface area contributed by atoms with Crippen LogP contribution in [0.5, 0.6) is 0 Å². The molecule has 0 aliphatic heterocycles. The molecule has 2 aliphatic rings. The average molecular weight is 350 g/mol. The van der Waals surface area contributed by atoms with Gasteiger partial charge < -0.3 is 10.2 Å². The molecule has 0 unspecified atom stereocenters. The summed E-state index contributed by atoms with van der Waals surface area (Å²) in [5.74, 6) is 1.37. The lowest BCUT2D eigenvalue weighted by Crippen LogP contribution is -2.36. The minimum atomic E-state index is -0.0511. The first-order valence-corrected chi connectivity index (χ1v) is 9.68. The number of aromatic nitrogens is 2. The van der Waals surface area contributed by atoms with Crippen molar-refractivity contribution in [2.75, 3.05) is 11.9 Å². The molecule has 0 radical (unpaired) electrons. The molecule has 26 heavy (non-hydrogen) atoms. The van der Waals surface area contributed by atoms with Crippen LogP contribution in [0, 0.1) is 0 Å². The Kier molecular flexibility index (Phi) is 4.87. The number of hydrogen-bond donors (Lipinski definition) is 1. The predicted octanol–water partition coefficient (Wildman–Crippen LogP) is 3.80. The van der Waals surface area contributed by atoms with Crippen LogP contribution in [0.3, 0.4) is 0 Å². The Hall–Kier alpha value is -2.43. The van der Waals surface area contributed by atoms with Crippen molar-refractivity contribution < 1.29 is 4.79 Å². The van der Waals surface area contributed by atoms with Gasteiger partial charge in [-0.2, -0.15) is 0 Å². The zero-order valence-corrected chi connectivity index (χ0v) is 15.3. The van der Waals surface area contributed by atoms with E-state index < -0.39 is 0 Å². The third kappa shape index (κ3) is 3.71. The van der Waals surface area contributed by atoms with Crippen LogP contribution < -0.4 is 10.2 Å². The molecule has 5 nitrogen and oxygen atoms in total. The fraction of sp³-hybridized carbons (Fsp3) is 0.476. The summed E-state index contributed by atoms with van der Waals surface area (Å²) in [6.45, 7) is 0. The number of amides is 1. The molecular weight excluding hydrogens is 324 g/mol. The van der Waals surface area contributed by atoms with Gasteiger partial charge in [-0.3, -0.25) is 4.79 Å². The highest BCUT2D eigenvalue weighted by Gasteiger charge is 2.28. The van der Waals surface area contributed by atoms with Gasteiger partial charge in [0, 0.05) is 30.9 Å². The minimum absolute atomic E-state index is 0.0511. The summed E-state index contributed by atoms with van der Waals surface area (Å²) in [6.07, 6.45) is 9.95. The lowest BCUT2D eigenvalue weighted by Gasteiger charge is -2.33. The van der Waals surface area contributed by atoms with Crippen LogP contribution in [0.4, 0.5) is 5.82 Å². The zero-order valence-electron chi connectivity index (χ0n) is 15.3. The molecule has 1 amide bonds. The molecule has 1 N–H and O–H groups in total. The van der Waals surface area contributed by atoms with Gasteiger partial charge in [0.1, 0.15) is 11.4 Å². The molecule has 4 rings (SSSR count). The highest BCUT2D eigenvalue weighted by Crippen LogP contribution is 2.29. The summed E-state index contributed by atoms with van der Waals surface area (Å²) in [6, 6.07) is 10.7. The second kappa shape index (κ2) is 7.44. The molecule has 0 spiro atoms. The quantitative estimate of drug-likeness (QED) is 0.891. The van der Waals surface area contributed by atoms with Gasteiger partial charge in [0.15, 0.2) is 5.82 Å². The Balaban J connectivity index is 1.69. The van der Waals surface area contributed by atoms with Crippen molar-refractivity contribution >= 4 is 11.7 Å². The minimum Gasteiger partial charge on any atom is -0.356 e. The summed E-state index contributed by atoms with van der Waals surface area (Å²) >= 11 is 0. The Morgan fingerprint density at radius 3 is 2.50 bits per heavy atom. The first-order chi connectivity index (χ1) is 12.7. The summed E-state index contributed by atoms with van der Waals surface area (Å²) in [7, 11) is 2.07. The van der Waals surface area contributed by atoms with Crippen LogP contribution in [0.25, 0.3) is 11.4 Å². The van der Waals surface area contributed by atoms with Crippen molar-refractivity contribution in [3.8, 4) is 11.4 Å². The maximum Gasteiger partial charge on any atom is 0.256 e. The summed E-state index contributed by atoms with van der Waals surface area (Å²) in [5, 5.41) is 3.08. The molecule has 2 aromatic rings. The van der Waals surface area contributed by atoms with Gasteiger partial charge in [0.25, 0.3) is 5.91 Å². The third-order valence-electron chi connectivity index (χ3n) is 5.41. The highest BCUT2D eigenvalue weighted by atomic mass is 16.1. The van der Waals surface area contributed by atoms with E-state index in [4.69, 9.17) is 4.98 Å². The normalized spacial score (nSPS) is 17.7. The van der Waals surface area contributed by atoms with E-state index in [0.717, 1.165) is 37.1 Å². The first-order valence-electron chi connectivity index (χ1n) is 9.68. The molecule has 1 heterocycles. The van der Waals surface area contributed by atoms with Crippen LogP contribution in [-0.4, -0.2) is 35.0 Å². The number of carbonyl (C=O) groups is 1. The smallest absolute Gasteiger partial charge is 0.256 e. The number of nitrogens with zero attached hydrogens (tertiary/aromatic N) is 3. The van der Waals surface area contributed by atoms with Gasteiger partial charge in [-0.1, -0.05) is 49.6 Å². The third-order valence-corrected chi connectivity index (χ3v) is 5.41. The van der Waals surface area contributed by atoms with Gasteiger partial charge in [-0.05, 0) is 25.7 Å². The van der Waals surface area contributed by atoms with E-state index in [2.05, 4.69) is 22.2 Å². The van der Waals surface area contributed by atoms with Crippen LogP contribution in [0.1, 0.15) is 55.3 Å². The number of carbonyl (C=O) groups excluding carboxylic acids is 1. The average Bonchev–Trinajstić information content (AvgIpc) is 3.52. The lowest BCUT2D eigenvalue weighted by molar-refractivity contribution is 0.0951. The molecule has 0 bridgehead atoms. The Bertz CT molecular complexity index is 767. The molecule has 136 valence electrons. The van der Waals surface area contributed by atoms with Gasteiger partial charge >= 0.3 is 0 Å². The Labute approximate surface area is 154 Å². The largest absolute Gasteiger partial charge is 0.356 e. The van der Waals surface area contributed by atoms with Crippen molar-refractivity contribution in [3.63, 3.8) is 0 Å². The van der Waals surface area contributed by atoms with Crippen LogP contribution in [-0.2, 0) is 0 Å². The van der Waals surface area contributed by atoms with E-state index in [1.165, 1.54) is 19.3 Å². The van der Waals surface area contributed by atoms with Crippen LogP contribution in [0.2, 0.25) is 0 Å². The van der Waals surface area contributed by atoms with Crippen molar-refractivity contribution in [1.29, 1.82) is 0 Å². The fourth-order valence-corrected chi connectivity index (χ4v) is 3.66. The van der Waals surface area contributed by atoms with Crippen molar-refractivity contribution in [3.05, 3.63) is 42.1 Å². The van der Waals surface area contributed by atoms with Crippen molar-refractivity contribution in [1.82, 2.24) is 15.3 Å². The first kappa shape index (κ1) is 17.0. The molecule has 1 aromatic carbocycles. The van der Waals surface area contributed by atoms with Crippen molar-refractivity contribution in [2.24, 2.45) is 0 Å². The molecule has 0 saturated heterocycles. The second-order valence-corrected chi connectivity index (χ2v) is 7.45. The topological polar surface area (TPSA) is 58.1 Å². The molecule has 0 atom stereocenters. The SMILES string of the molecule is CN(c1nc(-c2ccccc2)ncc1C(=O)NC1CC1)C1CCCCC1. The van der Waals surface area contributed by atoms with Crippen molar-refractivity contribution in [2.45, 2.75) is 57.0 Å². The van der Waals surface area contributed by atoms with E-state index in [-0.39, 0.29) is 5.91 Å². The van der Waals surface area contributed by atoms with Crippen LogP contribution in [0.15, 0.2) is 36.5 Å². The fourth-order valence-electron chi connectivity index (χ4n) is 3.66. The predicted molar refractivity (Wildman–Crippen MR) is 103 cm³/mol. The summed E-state index contributed by atoms with van der Waals surface area (Å²) < 4.78 is 0. The van der Waals surface area contributed by atoms with E-state index in [0.29, 0.717) is 23.5 Å². The number of nitrogens with one attached hydrogen (secondary N) is 1. The Morgan fingerprint density at radius 1 is 1.08 bits per heavy atom. The molecule has 2 saturated carbocycles. The van der Waals surface area contributed by atoms with Gasteiger partial charge in [0.05, 0.1) is 0 Å². The molecular formula is C21H26N4O. The molecule has 1 aromatic heterocycles. The zero-order chi connectivity index (χ0) is 17.9. The van der Waals surface area contributed by atoms with E-state index in [1.807, 2.05) is 30.3 Å². The molecule has 2 aliphatic carbocycles. The standard InChI is InChI=1S/C21H26N4O/c1-25(17-10-6-3-7-11-17)20-18(21(26)23-16-12-13-16)14-22-19(24-20)15-8-4-2-5-9-15/h2,4-5,8-9,14,16-17H,3,6-7,10-13H2,1H3,(H,23,26). The summed E-state index contributed by atoms with van der Waals surface area (Å²) in [5.41, 5.74) is 1.56. The molecule has 5 heteroatoms. The maximum atomic E-state index is 12.7. The number of hydrogen-bond acceptors (Lipinski definition) is 4. The van der Waals surface area contributed by atoms with Gasteiger partial charge in [0.2, 0.25) is 0 Å².